The van der Waals surface area contributed by atoms with Crippen LogP contribution in [0.25, 0.3) is 110 Å². The predicted molar refractivity (Wildman–Crippen MR) is 233 cm³/mol. The summed E-state index contributed by atoms with van der Waals surface area (Å²) in [6.07, 6.45) is 0. The molecular weight excluding hydrogens is 703 g/mol. The zero-order valence-corrected chi connectivity index (χ0v) is 30.9. The molecule has 56 heavy (non-hydrogen) atoms. The maximum Gasteiger partial charge on any atom is 0.167 e. The van der Waals surface area contributed by atoms with Gasteiger partial charge in [0.25, 0.3) is 0 Å². The third kappa shape index (κ3) is 5.56. The van der Waals surface area contributed by atoms with Crippen LogP contribution < -0.4 is 0 Å². The van der Waals surface area contributed by atoms with Crippen LogP contribution >= 0.6 is 11.3 Å². The Hall–Kier alpha value is -7.21. The Morgan fingerprint density at radius 1 is 0.339 bits per heavy atom. The molecular formula is C51H31N3OS. The number of para-hydroxylation sites is 1. The number of benzene rings is 8. The molecule has 0 saturated carbocycles. The highest BCUT2D eigenvalue weighted by molar-refractivity contribution is 7.26. The SMILES string of the molecule is c1ccc(-c2cccc(-c3ccc4oc5c(-c6nc(-c7ccccc7)nc(-c7cccc8sc9ccc(-c%10ccccc%10)cc9c78)n6)cccc5c4c3)c2)cc1. The molecule has 8 aromatic carbocycles. The van der Waals surface area contributed by atoms with E-state index in [4.69, 9.17) is 19.4 Å². The average molecular weight is 734 g/mol. The summed E-state index contributed by atoms with van der Waals surface area (Å²) in [4.78, 5) is 15.6. The molecule has 5 heteroatoms. The first-order valence-electron chi connectivity index (χ1n) is 18.7. The molecule has 0 amide bonds. The van der Waals surface area contributed by atoms with Crippen molar-refractivity contribution in [2.75, 3.05) is 0 Å². The van der Waals surface area contributed by atoms with E-state index in [2.05, 4.69) is 152 Å². The minimum Gasteiger partial charge on any atom is -0.455 e. The third-order valence-electron chi connectivity index (χ3n) is 10.6. The van der Waals surface area contributed by atoms with E-state index in [1.54, 1.807) is 11.3 Å². The Balaban J connectivity index is 1.08. The molecule has 3 heterocycles. The standard InChI is InChI=1S/C51H31N3OS/c1-4-13-32(14-5-1)35-19-10-20-36(29-35)38-25-27-44-42(30-38)39-21-11-23-41(48(39)55-44)51-53-49(34-17-8-3-9-18-34)52-50(54-51)40-22-12-24-46-47(40)43-31-37(26-28-45(43)56-46)33-15-6-2-7-16-33/h1-31H. The van der Waals surface area contributed by atoms with Crippen LogP contribution in [0.1, 0.15) is 0 Å². The van der Waals surface area contributed by atoms with Crippen LogP contribution in [0, 0.1) is 0 Å². The maximum atomic E-state index is 6.69. The molecule has 0 aliphatic heterocycles. The van der Waals surface area contributed by atoms with Crippen molar-refractivity contribution in [3.63, 3.8) is 0 Å². The molecule has 0 spiro atoms. The van der Waals surface area contributed by atoms with E-state index in [0.717, 1.165) is 55.1 Å². The van der Waals surface area contributed by atoms with E-state index in [0.29, 0.717) is 17.5 Å². The molecule has 0 N–H and O–H groups in total. The van der Waals surface area contributed by atoms with Crippen LogP contribution in [0.5, 0.6) is 0 Å². The molecule has 3 aromatic heterocycles. The smallest absolute Gasteiger partial charge is 0.167 e. The van der Waals surface area contributed by atoms with Crippen LogP contribution in [0.3, 0.4) is 0 Å². The van der Waals surface area contributed by atoms with Gasteiger partial charge in [0.2, 0.25) is 0 Å². The minimum atomic E-state index is 0.566. The largest absolute Gasteiger partial charge is 0.455 e. The van der Waals surface area contributed by atoms with Crippen LogP contribution in [-0.2, 0) is 0 Å². The number of hydrogen-bond donors (Lipinski definition) is 0. The highest BCUT2D eigenvalue weighted by Gasteiger charge is 2.20. The first kappa shape index (κ1) is 32.2. The minimum absolute atomic E-state index is 0.566. The van der Waals surface area contributed by atoms with Gasteiger partial charge in [-0.1, -0.05) is 146 Å². The highest BCUT2D eigenvalue weighted by Crippen LogP contribution is 2.42. The Morgan fingerprint density at radius 2 is 0.875 bits per heavy atom. The van der Waals surface area contributed by atoms with Gasteiger partial charge in [-0.2, -0.15) is 0 Å². The first-order chi connectivity index (χ1) is 27.7. The van der Waals surface area contributed by atoms with Gasteiger partial charge in [0, 0.05) is 42.1 Å². The molecule has 0 bridgehead atoms. The second-order valence-electron chi connectivity index (χ2n) is 14.0. The number of fused-ring (bicyclic) bond motifs is 6. The fourth-order valence-electron chi connectivity index (χ4n) is 7.82. The second kappa shape index (κ2) is 13.3. The van der Waals surface area contributed by atoms with Crippen LogP contribution in [0.15, 0.2) is 192 Å². The van der Waals surface area contributed by atoms with Gasteiger partial charge in [0.15, 0.2) is 17.5 Å². The van der Waals surface area contributed by atoms with Gasteiger partial charge in [-0.3, -0.25) is 0 Å². The van der Waals surface area contributed by atoms with Crippen LogP contribution in [-0.4, -0.2) is 15.0 Å². The lowest BCUT2D eigenvalue weighted by Crippen LogP contribution is -2.00. The van der Waals surface area contributed by atoms with Crippen molar-refractivity contribution in [2.45, 2.75) is 0 Å². The van der Waals surface area contributed by atoms with E-state index in [1.807, 2.05) is 36.4 Å². The molecule has 0 radical (unpaired) electrons. The molecule has 11 rings (SSSR count). The van der Waals surface area contributed by atoms with E-state index in [9.17, 15) is 0 Å². The topological polar surface area (TPSA) is 51.8 Å². The lowest BCUT2D eigenvalue weighted by molar-refractivity contribution is 0.669. The molecule has 262 valence electrons. The van der Waals surface area contributed by atoms with Gasteiger partial charge in [0.05, 0.1) is 5.56 Å². The molecule has 0 atom stereocenters. The fraction of sp³-hybridized carbons (Fsp3) is 0. The van der Waals surface area contributed by atoms with Gasteiger partial charge in [-0.15, -0.1) is 11.3 Å². The summed E-state index contributed by atoms with van der Waals surface area (Å²) < 4.78 is 9.10. The Labute approximate surface area is 327 Å². The molecule has 0 unspecified atom stereocenters. The number of thiophene rings is 1. The van der Waals surface area contributed by atoms with Gasteiger partial charge in [-0.05, 0) is 75.8 Å². The number of rotatable bonds is 6. The van der Waals surface area contributed by atoms with E-state index < -0.39 is 0 Å². The average Bonchev–Trinajstić information content (AvgIpc) is 3.85. The lowest BCUT2D eigenvalue weighted by atomic mass is 9.98. The normalized spacial score (nSPS) is 11.6. The number of hydrogen-bond acceptors (Lipinski definition) is 5. The Morgan fingerprint density at radius 3 is 1.62 bits per heavy atom. The van der Waals surface area contributed by atoms with E-state index >= 15 is 0 Å². The van der Waals surface area contributed by atoms with Crippen molar-refractivity contribution in [3.05, 3.63) is 188 Å². The van der Waals surface area contributed by atoms with Crippen LogP contribution in [0.4, 0.5) is 0 Å². The second-order valence-corrected chi connectivity index (χ2v) is 15.1. The summed E-state index contributed by atoms with van der Waals surface area (Å²) in [5, 5.41) is 4.40. The predicted octanol–water partition coefficient (Wildman–Crippen LogP) is 14.1. The van der Waals surface area contributed by atoms with Gasteiger partial charge < -0.3 is 4.42 Å². The van der Waals surface area contributed by atoms with Crippen molar-refractivity contribution in [2.24, 2.45) is 0 Å². The summed E-state index contributed by atoms with van der Waals surface area (Å²) in [5.41, 5.74) is 11.3. The van der Waals surface area contributed by atoms with Gasteiger partial charge in [0.1, 0.15) is 11.2 Å². The zero-order chi connectivity index (χ0) is 37.0. The molecule has 0 aliphatic rings. The summed E-state index contributed by atoms with van der Waals surface area (Å²) in [6.45, 7) is 0. The maximum absolute atomic E-state index is 6.69. The number of furan rings is 1. The first-order valence-corrected chi connectivity index (χ1v) is 19.5. The fourth-order valence-corrected chi connectivity index (χ4v) is 8.93. The van der Waals surface area contributed by atoms with Crippen molar-refractivity contribution in [1.29, 1.82) is 0 Å². The highest BCUT2D eigenvalue weighted by atomic mass is 32.1. The molecule has 0 saturated heterocycles. The summed E-state index contributed by atoms with van der Waals surface area (Å²) in [5.74, 6) is 1.80. The van der Waals surface area contributed by atoms with E-state index in [-0.39, 0.29) is 0 Å². The van der Waals surface area contributed by atoms with Crippen LogP contribution in [0.2, 0.25) is 0 Å². The summed E-state index contributed by atoms with van der Waals surface area (Å²) in [6, 6.07) is 65.7. The van der Waals surface area contributed by atoms with Crippen molar-refractivity contribution >= 4 is 53.4 Å². The van der Waals surface area contributed by atoms with E-state index in [1.165, 1.54) is 37.0 Å². The quantitative estimate of drug-likeness (QED) is 0.171. The van der Waals surface area contributed by atoms with Gasteiger partial charge >= 0.3 is 0 Å². The molecule has 4 nitrogen and oxygen atoms in total. The Bertz CT molecular complexity index is 3240. The summed E-state index contributed by atoms with van der Waals surface area (Å²) >= 11 is 1.79. The lowest BCUT2D eigenvalue weighted by Gasteiger charge is -2.10. The van der Waals surface area contributed by atoms with Crippen molar-refractivity contribution < 1.29 is 4.42 Å². The number of aromatic nitrogens is 3. The summed E-state index contributed by atoms with van der Waals surface area (Å²) in [7, 11) is 0. The van der Waals surface area contributed by atoms with Crippen molar-refractivity contribution in [1.82, 2.24) is 15.0 Å². The Kier molecular flexibility index (Phi) is 7.64. The van der Waals surface area contributed by atoms with Crippen molar-refractivity contribution in [3.8, 4) is 67.5 Å². The van der Waals surface area contributed by atoms with Gasteiger partial charge in [-0.25, -0.2) is 15.0 Å². The monoisotopic (exact) mass is 733 g/mol. The number of nitrogens with zero attached hydrogens (tertiary/aromatic N) is 3. The zero-order valence-electron chi connectivity index (χ0n) is 30.1. The molecule has 0 aliphatic carbocycles. The molecule has 0 fully saturated rings. The third-order valence-corrected chi connectivity index (χ3v) is 11.7. The molecule has 11 aromatic rings.